The predicted octanol–water partition coefficient (Wildman–Crippen LogP) is 4.98. The number of para-hydroxylation sites is 1. The number of fused-ring (bicyclic) bond motifs is 1. The lowest BCUT2D eigenvalue weighted by atomic mass is 10.2. The van der Waals surface area contributed by atoms with Gasteiger partial charge in [0.05, 0.1) is 15.7 Å². The first-order chi connectivity index (χ1) is 11.6. The number of rotatable bonds is 6. The number of nitrogens with one attached hydrogen (secondary N) is 1. The predicted molar refractivity (Wildman–Crippen MR) is 98.4 cm³/mol. The van der Waals surface area contributed by atoms with Gasteiger partial charge < -0.3 is 14.8 Å². The molecule has 1 aliphatic heterocycles. The van der Waals surface area contributed by atoms with Gasteiger partial charge in [0.25, 0.3) is 0 Å². The Hall–Kier alpha value is -1.56. The molecule has 1 heterocycles. The Balaban J connectivity index is 1.45. The number of hydrogen-bond donors (Lipinski definition) is 1. The molecule has 0 fully saturated rings. The van der Waals surface area contributed by atoms with Gasteiger partial charge >= 0.3 is 0 Å². The first-order valence-corrected chi connectivity index (χ1v) is 9.24. The van der Waals surface area contributed by atoms with E-state index in [1.807, 2.05) is 24.3 Å². The Morgan fingerprint density at radius 2 is 2.00 bits per heavy atom. The second kappa shape index (κ2) is 8.01. The maximum Gasteiger partial charge on any atom is 0.231 e. The zero-order chi connectivity index (χ0) is 16.9. The van der Waals surface area contributed by atoms with Crippen molar-refractivity contribution in [3.63, 3.8) is 0 Å². The minimum absolute atomic E-state index is 0.0562. The van der Waals surface area contributed by atoms with Gasteiger partial charge in [-0.3, -0.25) is 4.79 Å². The van der Waals surface area contributed by atoms with Gasteiger partial charge in [0.15, 0.2) is 11.5 Å². The number of carbonyl (C=O) groups is 1. The smallest absolute Gasteiger partial charge is 0.231 e. The van der Waals surface area contributed by atoms with Crippen molar-refractivity contribution in [2.75, 3.05) is 17.9 Å². The van der Waals surface area contributed by atoms with E-state index in [-0.39, 0.29) is 12.7 Å². The Labute approximate surface area is 154 Å². The third kappa shape index (κ3) is 4.29. The molecule has 0 saturated heterocycles. The van der Waals surface area contributed by atoms with E-state index in [2.05, 4.69) is 5.32 Å². The highest BCUT2D eigenvalue weighted by atomic mass is 35.5. The fraction of sp³-hybridized carbons (Fsp3) is 0.235. The summed E-state index contributed by atoms with van der Waals surface area (Å²) < 4.78 is 10.6. The molecule has 126 valence electrons. The van der Waals surface area contributed by atoms with Gasteiger partial charge in [-0.2, -0.15) is 11.8 Å². The SMILES string of the molecule is O=C(CCSCc1cc(Cl)c2c(c1)OCO2)Nc1ccccc1Cl. The summed E-state index contributed by atoms with van der Waals surface area (Å²) in [5.74, 6) is 2.66. The van der Waals surface area contributed by atoms with E-state index >= 15 is 0 Å². The number of amides is 1. The highest BCUT2D eigenvalue weighted by molar-refractivity contribution is 7.98. The molecule has 0 radical (unpaired) electrons. The lowest BCUT2D eigenvalue weighted by molar-refractivity contribution is -0.115. The van der Waals surface area contributed by atoms with Crippen LogP contribution in [-0.2, 0) is 10.5 Å². The summed E-state index contributed by atoms with van der Waals surface area (Å²) in [5.41, 5.74) is 1.68. The zero-order valence-electron chi connectivity index (χ0n) is 12.7. The van der Waals surface area contributed by atoms with E-state index < -0.39 is 0 Å². The summed E-state index contributed by atoms with van der Waals surface area (Å²) in [6, 6.07) is 11.0. The minimum Gasteiger partial charge on any atom is -0.454 e. The molecule has 2 aromatic rings. The molecule has 0 unspecified atom stereocenters. The Bertz CT molecular complexity index is 755. The zero-order valence-corrected chi connectivity index (χ0v) is 15.0. The second-order valence-corrected chi connectivity index (χ2v) is 7.06. The van der Waals surface area contributed by atoms with Crippen LogP contribution in [0.3, 0.4) is 0 Å². The molecule has 0 aliphatic carbocycles. The van der Waals surface area contributed by atoms with Crippen LogP contribution in [0.4, 0.5) is 5.69 Å². The average molecular weight is 384 g/mol. The van der Waals surface area contributed by atoms with Gasteiger partial charge in [-0.05, 0) is 29.8 Å². The topological polar surface area (TPSA) is 47.6 Å². The van der Waals surface area contributed by atoms with E-state index in [1.165, 1.54) is 0 Å². The Morgan fingerprint density at radius 1 is 1.17 bits per heavy atom. The number of halogens is 2. The fourth-order valence-corrected chi connectivity index (χ4v) is 3.58. The summed E-state index contributed by atoms with van der Waals surface area (Å²) >= 11 is 13.8. The number of benzene rings is 2. The number of hydrogen-bond acceptors (Lipinski definition) is 4. The molecule has 0 aromatic heterocycles. The van der Waals surface area contributed by atoms with Crippen LogP contribution >= 0.6 is 35.0 Å². The highest BCUT2D eigenvalue weighted by Gasteiger charge is 2.18. The standard InChI is InChI=1S/C17H15Cl2NO3S/c18-12-3-1-2-4-14(12)20-16(21)5-6-24-9-11-7-13(19)17-15(8-11)22-10-23-17/h1-4,7-8H,5-6,9-10H2,(H,20,21). The second-order valence-electron chi connectivity index (χ2n) is 5.14. The molecular formula is C17H15Cl2NO3S. The molecule has 7 heteroatoms. The van der Waals surface area contributed by atoms with Crippen molar-refractivity contribution in [3.8, 4) is 11.5 Å². The van der Waals surface area contributed by atoms with Crippen LogP contribution in [0.25, 0.3) is 0 Å². The van der Waals surface area contributed by atoms with Crippen molar-refractivity contribution in [2.45, 2.75) is 12.2 Å². The van der Waals surface area contributed by atoms with E-state index in [4.69, 9.17) is 32.7 Å². The molecule has 1 N–H and O–H groups in total. The van der Waals surface area contributed by atoms with Crippen LogP contribution in [0.1, 0.15) is 12.0 Å². The van der Waals surface area contributed by atoms with Crippen molar-refractivity contribution in [1.29, 1.82) is 0 Å². The van der Waals surface area contributed by atoms with E-state index in [1.54, 1.807) is 23.9 Å². The van der Waals surface area contributed by atoms with Crippen LogP contribution in [0.15, 0.2) is 36.4 Å². The number of carbonyl (C=O) groups excluding carboxylic acids is 1. The fourth-order valence-electron chi connectivity index (χ4n) is 2.23. The molecule has 4 nitrogen and oxygen atoms in total. The summed E-state index contributed by atoms with van der Waals surface area (Å²) in [7, 11) is 0. The van der Waals surface area contributed by atoms with Crippen molar-refractivity contribution in [1.82, 2.24) is 0 Å². The Morgan fingerprint density at radius 3 is 2.83 bits per heavy atom. The molecule has 24 heavy (non-hydrogen) atoms. The normalized spacial score (nSPS) is 12.2. The van der Waals surface area contributed by atoms with Crippen LogP contribution < -0.4 is 14.8 Å². The molecule has 0 spiro atoms. The number of anilines is 1. The maximum atomic E-state index is 11.9. The quantitative estimate of drug-likeness (QED) is 0.714. The largest absolute Gasteiger partial charge is 0.454 e. The Kier molecular flexibility index (Phi) is 5.76. The maximum absolute atomic E-state index is 11.9. The molecule has 1 aliphatic rings. The van der Waals surface area contributed by atoms with Gasteiger partial charge in [0, 0.05) is 17.9 Å². The summed E-state index contributed by atoms with van der Waals surface area (Å²) in [4.78, 5) is 11.9. The monoisotopic (exact) mass is 383 g/mol. The van der Waals surface area contributed by atoms with E-state index in [9.17, 15) is 4.79 Å². The third-order valence-electron chi connectivity index (χ3n) is 3.38. The van der Waals surface area contributed by atoms with Crippen LogP contribution in [0, 0.1) is 0 Å². The van der Waals surface area contributed by atoms with E-state index in [0.29, 0.717) is 39.4 Å². The lowest BCUT2D eigenvalue weighted by Crippen LogP contribution is -2.12. The van der Waals surface area contributed by atoms with Gasteiger partial charge in [-0.1, -0.05) is 35.3 Å². The van der Waals surface area contributed by atoms with Gasteiger partial charge in [-0.15, -0.1) is 0 Å². The highest BCUT2D eigenvalue weighted by Crippen LogP contribution is 2.40. The molecular weight excluding hydrogens is 369 g/mol. The van der Waals surface area contributed by atoms with Crippen molar-refractivity contribution < 1.29 is 14.3 Å². The van der Waals surface area contributed by atoms with Gasteiger partial charge in [-0.25, -0.2) is 0 Å². The van der Waals surface area contributed by atoms with Crippen molar-refractivity contribution in [2.24, 2.45) is 0 Å². The average Bonchev–Trinajstić information content (AvgIpc) is 3.03. The van der Waals surface area contributed by atoms with Crippen molar-refractivity contribution >= 4 is 46.6 Å². The summed E-state index contributed by atoms with van der Waals surface area (Å²) in [6.07, 6.45) is 0.411. The summed E-state index contributed by atoms with van der Waals surface area (Å²) in [6.45, 7) is 0.202. The molecule has 0 atom stereocenters. The molecule has 0 bridgehead atoms. The number of thioether (sulfide) groups is 1. The third-order valence-corrected chi connectivity index (χ3v) is 5.02. The molecule has 0 saturated carbocycles. The molecule has 3 rings (SSSR count). The first kappa shape index (κ1) is 17.3. The summed E-state index contributed by atoms with van der Waals surface area (Å²) in [5, 5.41) is 3.90. The minimum atomic E-state index is -0.0562. The van der Waals surface area contributed by atoms with Crippen LogP contribution in [0.2, 0.25) is 10.0 Å². The molecule has 2 aromatic carbocycles. The van der Waals surface area contributed by atoms with E-state index in [0.717, 1.165) is 11.3 Å². The first-order valence-electron chi connectivity index (χ1n) is 7.33. The van der Waals surface area contributed by atoms with Crippen LogP contribution in [0.5, 0.6) is 11.5 Å². The van der Waals surface area contributed by atoms with Crippen LogP contribution in [-0.4, -0.2) is 18.5 Å². The van der Waals surface area contributed by atoms with Gasteiger partial charge in [0.1, 0.15) is 0 Å². The van der Waals surface area contributed by atoms with Gasteiger partial charge in [0.2, 0.25) is 12.7 Å². The number of ether oxygens (including phenoxy) is 2. The molecule has 1 amide bonds. The van der Waals surface area contributed by atoms with Crippen molar-refractivity contribution in [3.05, 3.63) is 52.0 Å². The lowest BCUT2D eigenvalue weighted by Gasteiger charge is -2.07.